The maximum atomic E-state index is 11.5. The van der Waals surface area contributed by atoms with Crippen molar-refractivity contribution in [2.24, 2.45) is 4.99 Å². The van der Waals surface area contributed by atoms with E-state index in [2.05, 4.69) is 24.2 Å². The van der Waals surface area contributed by atoms with Gasteiger partial charge in [0.05, 0.1) is 15.9 Å². The summed E-state index contributed by atoms with van der Waals surface area (Å²) in [5.41, 5.74) is 0. The van der Waals surface area contributed by atoms with Crippen LogP contribution in [0, 0.1) is 0 Å². The third-order valence-electron chi connectivity index (χ3n) is 7.24. The number of unbranched alkanes of at least 4 members (excludes halogenated alkanes) is 18. The SMILES string of the molecule is CCCCCCCCCCCCC(=O)NCCCS(=O)(=O)O.CCCCCCCCCCCCC([O-])=NCCCS(=O)(=O)[O-].[Ca+2]. The molecule has 0 aromatic carbocycles. The van der Waals surface area contributed by atoms with Crippen LogP contribution in [0.25, 0.3) is 0 Å². The van der Waals surface area contributed by atoms with Crippen molar-refractivity contribution in [1.82, 2.24) is 5.32 Å². The van der Waals surface area contributed by atoms with Crippen molar-refractivity contribution in [2.75, 3.05) is 24.6 Å². The van der Waals surface area contributed by atoms with E-state index in [0.29, 0.717) is 19.4 Å². The van der Waals surface area contributed by atoms with Gasteiger partial charge < -0.3 is 20.0 Å². The van der Waals surface area contributed by atoms with E-state index in [4.69, 9.17) is 4.55 Å². The van der Waals surface area contributed by atoms with E-state index in [-0.39, 0.29) is 74.7 Å². The van der Waals surface area contributed by atoms with Gasteiger partial charge in [-0.1, -0.05) is 129 Å². The molecule has 45 heavy (non-hydrogen) atoms. The van der Waals surface area contributed by atoms with Crippen molar-refractivity contribution in [3.05, 3.63) is 0 Å². The summed E-state index contributed by atoms with van der Waals surface area (Å²) in [5, 5.41) is 14.1. The molecule has 0 unspecified atom stereocenters. The van der Waals surface area contributed by atoms with Crippen LogP contribution in [0.3, 0.4) is 0 Å². The summed E-state index contributed by atoms with van der Waals surface area (Å²) in [4.78, 5) is 15.2. The first-order valence-corrected chi connectivity index (χ1v) is 20.5. The summed E-state index contributed by atoms with van der Waals surface area (Å²) in [5.74, 6) is -0.953. The minimum absolute atomic E-state index is 0. The molecule has 0 heterocycles. The number of carbonyl (C=O) groups excluding carboxylic acids is 1. The zero-order valence-corrected chi connectivity index (χ0v) is 32.4. The molecule has 0 saturated heterocycles. The molecule has 0 radical (unpaired) electrons. The molecule has 0 aromatic rings. The maximum Gasteiger partial charge on any atom is 2.00 e. The molecule has 0 aliphatic carbocycles. The van der Waals surface area contributed by atoms with Gasteiger partial charge in [-0.3, -0.25) is 9.35 Å². The molecule has 1 amide bonds. The van der Waals surface area contributed by atoms with E-state index >= 15 is 0 Å². The van der Waals surface area contributed by atoms with E-state index in [1.807, 2.05) is 0 Å². The fourth-order valence-corrected chi connectivity index (χ4v) is 5.62. The number of amides is 1. The molecule has 10 nitrogen and oxygen atoms in total. The molecular formula is C32H64CaN2O8S2. The fourth-order valence-electron chi connectivity index (χ4n) is 4.63. The molecular weight excluding hydrogens is 645 g/mol. The largest absolute Gasteiger partial charge is 2.00 e. The van der Waals surface area contributed by atoms with E-state index < -0.39 is 26.0 Å². The quantitative estimate of drug-likeness (QED) is 0.0287. The molecule has 2 N–H and O–H groups in total. The average Bonchev–Trinajstić information content (AvgIpc) is 2.95. The predicted octanol–water partition coefficient (Wildman–Crippen LogP) is 6.30. The zero-order valence-electron chi connectivity index (χ0n) is 28.6. The Bertz CT molecular complexity index is 901. The van der Waals surface area contributed by atoms with Crippen molar-refractivity contribution in [3.8, 4) is 0 Å². The van der Waals surface area contributed by atoms with Crippen LogP contribution >= 0.6 is 0 Å². The first-order valence-electron chi connectivity index (χ1n) is 17.3. The van der Waals surface area contributed by atoms with E-state index in [0.717, 1.165) is 32.1 Å². The Labute approximate surface area is 306 Å². The van der Waals surface area contributed by atoms with Gasteiger partial charge in [0.15, 0.2) is 0 Å². The molecule has 0 aromatic heterocycles. The minimum Gasteiger partial charge on any atom is -0.862 e. The Morgan fingerprint density at radius 1 is 0.622 bits per heavy atom. The number of aliphatic imine (C=N–C) groups is 1. The second kappa shape index (κ2) is 35.3. The standard InChI is InChI=1S/2C16H33NO4S.Ca/c2*1-2-3-4-5-6-7-8-9-10-11-13-16(18)17-14-12-15-22(19,20)21;/h2*2-15H2,1H3,(H,17,18)(H,19,20,21);/q;;+2/p-2. The maximum absolute atomic E-state index is 11.5. The van der Waals surface area contributed by atoms with Gasteiger partial charge in [0.2, 0.25) is 5.91 Å². The second-order valence-electron chi connectivity index (χ2n) is 11.7. The monoisotopic (exact) mass is 708 g/mol. The van der Waals surface area contributed by atoms with E-state index in [1.165, 1.54) is 96.3 Å². The van der Waals surface area contributed by atoms with E-state index in [9.17, 15) is 31.3 Å². The van der Waals surface area contributed by atoms with Gasteiger partial charge in [0, 0.05) is 25.3 Å². The number of nitrogens with one attached hydrogen (secondary N) is 1. The first-order chi connectivity index (χ1) is 20.9. The number of hydrogen-bond donors (Lipinski definition) is 2. The summed E-state index contributed by atoms with van der Waals surface area (Å²) in [7, 11) is -8.09. The second-order valence-corrected chi connectivity index (χ2v) is 14.8. The van der Waals surface area contributed by atoms with Gasteiger partial charge in [0.1, 0.15) is 0 Å². The molecule has 0 aliphatic heterocycles. The Balaban J connectivity index is -0.000000767. The summed E-state index contributed by atoms with van der Waals surface area (Å²) in [6, 6.07) is 0. The smallest absolute Gasteiger partial charge is 0.862 e. The van der Waals surface area contributed by atoms with Crippen LogP contribution in [-0.2, 0) is 25.0 Å². The number of carbonyl (C=O) groups is 1. The molecule has 0 fully saturated rings. The van der Waals surface area contributed by atoms with Crippen LogP contribution in [0.5, 0.6) is 0 Å². The summed E-state index contributed by atoms with van der Waals surface area (Å²) < 4.78 is 60.6. The van der Waals surface area contributed by atoms with Crippen molar-refractivity contribution >= 4 is 69.8 Å². The van der Waals surface area contributed by atoms with Gasteiger partial charge in [-0.25, -0.2) is 8.42 Å². The van der Waals surface area contributed by atoms with Crippen molar-refractivity contribution in [3.63, 3.8) is 0 Å². The van der Waals surface area contributed by atoms with Crippen LogP contribution in [0.15, 0.2) is 4.99 Å². The Kier molecular flexibility index (Phi) is 38.8. The molecule has 0 saturated carbocycles. The predicted molar refractivity (Wildman–Crippen MR) is 184 cm³/mol. The Morgan fingerprint density at radius 2 is 1.02 bits per heavy atom. The van der Waals surface area contributed by atoms with Crippen LogP contribution in [0.2, 0.25) is 0 Å². The molecule has 0 spiro atoms. The minimum atomic E-state index is -4.18. The van der Waals surface area contributed by atoms with E-state index in [1.54, 1.807) is 0 Å². The summed E-state index contributed by atoms with van der Waals surface area (Å²) >= 11 is 0. The number of nitrogens with zero attached hydrogens (tertiary/aromatic N) is 1. The Hall–Kier alpha value is 0.0197. The summed E-state index contributed by atoms with van der Waals surface area (Å²) in [6.45, 7) is 4.89. The number of hydrogen-bond acceptors (Lipinski definition) is 8. The van der Waals surface area contributed by atoms with Gasteiger partial charge >= 0.3 is 37.7 Å². The van der Waals surface area contributed by atoms with Crippen molar-refractivity contribution in [1.29, 1.82) is 0 Å². The van der Waals surface area contributed by atoms with Gasteiger partial charge in [-0.05, 0) is 38.0 Å². The van der Waals surface area contributed by atoms with Crippen LogP contribution in [0.4, 0.5) is 0 Å². The van der Waals surface area contributed by atoms with Crippen molar-refractivity contribution in [2.45, 2.75) is 168 Å². The Morgan fingerprint density at radius 3 is 1.42 bits per heavy atom. The molecule has 13 heteroatoms. The van der Waals surface area contributed by atoms with Crippen LogP contribution in [-0.4, -0.2) is 100 Å². The molecule has 0 bridgehead atoms. The summed E-state index contributed by atoms with van der Waals surface area (Å²) in [6.07, 6.45) is 25.9. The zero-order chi connectivity index (χ0) is 33.4. The third kappa shape index (κ3) is 48.5. The number of rotatable bonds is 30. The molecule has 0 atom stereocenters. The molecule has 0 rings (SSSR count). The average molecular weight is 709 g/mol. The topological polar surface area (TPSA) is 176 Å². The van der Waals surface area contributed by atoms with Gasteiger partial charge in [0.25, 0.3) is 10.1 Å². The first kappa shape index (κ1) is 49.4. The molecule has 264 valence electrons. The van der Waals surface area contributed by atoms with Crippen molar-refractivity contribution < 1.29 is 35.8 Å². The van der Waals surface area contributed by atoms with Crippen LogP contribution < -0.4 is 10.4 Å². The fraction of sp³-hybridized carbons (Fsp3) is 0.938. The van der Waals surface area contributed by atoms with Crippen LogP contribution in [0.1, 0.15) is 168 Å². The van der Waals surface area contributed by atoms with Gasteiger partial charge in [-0.15, -0.1) is 0 Å². The van der Waals surface area contributed by atoms with Gasteiger partial charge in [-0.2, -0.15) is 8.42 Å². The third-order valence-corrected chi connectivity index (χ3v) is 8.84. The normalized spacial score (nSPS) is 11.9. The molecule has 0 aliphatic rings.